The third-order valence-corrected chi connectivity index (χ3v) is 4.12. The molecule has 25 heavy (non-hydrogen) atoms. The third-order valence-electron chi connectivity index (χ3n) is 4.12. The molecule has 3 rings (SSSR count). The van der Waals surface area contributed by atoms with Crippen molar-refractivity contribution in [3.05, 3.63) is 42.1 Å². The summed E-state index contributed by atoms with van der Waals surface area (Å²) < 4.78 is 5.59. The standard InChI is InChI=1S/C19H24N4O2/c1-15-13-18(22-19(20-15)23-11-7-2-3-8-12-23)25-14-17(24)21-16-9-5-4-6-10-16/h4-6,9-10,13H,2-3,7-8,11-12,14H2,1H3,(H,21,24). The predicted octanol–water partition coefficient (Wildman–Crippen LogP) is 3.18. The molecular formula is C19H24N4O2. The van der Waals surface area contributed by atoms with Crippen molar-refractivity contribution in [2.45, 2.75) is 32.6 Å². The second-order valence-electron chi connectivity index (χ2n) is 6.25. The molecule has 1 saturated heterocycles. The highest BCUT2D eigenvalue weighted by Gasteiger charge is 2.14. The van der Waals surface area contributed by atoms with Crippen LogP contribution in [0.2, 0.25) is 0 Å². The Kier molecular flexibility index (Phi) is 5.82. The number of amides is 1. The van der Waals surface area contributed by atoms with E-state index in [-0.39, 0.29) is 12.5 Å². The van der Waals surface area contributed by atoms with Crippen molar-refractivity contribution < 1.29 is 9.53 Å². The summed E-state index contributed by atoms with van der Waals surface area (Å²) in [6.07, 6.45) is 4.83. The first-order chi connectivity index (χ1) is 12.2. The van der Waals surface area contributed by atoms with Gasteiger partial charge in [-0.05, 0) is 31.9 Å². The molecule has 0 saturated carbocycles. The zero-order valence-electron chi connectivity index (χ0n) is 14.6. The van der Waals surface area contributed by atoms with Gasteiger partial charge in [0.2, 0.25) is 11.8 Å². The van der Waals surface area contributed by atoms with E-state index in [1.807, 2.05) is 37.3 Å². The van der Waals surface area contributed by atoms with Crippen LogP contribution in [0.5, 0.6) is 5.88 Å². The van der Waals surface area contributed by atoms with Gasteiger partial charge >= 0.3 is 0 Å². The van der Waals surface area contributed by atoms with Crippen molar-refractivity contribution in [1.29, 1.82) is 0 Å². The van der Waals surface area contributed by atoms with Crippen LogP contribution in [0.4, 0.5) is 11.6 Å². The molecule has 0 atom stereocenters. The monoisotopic (exact) mass is 340 g/mol. The van der Waals surface area contributed by atoms with Gasteiger partial charge in [-0.3, -0.25) is 4.79 Å². The number of aromatic nitrogens is 2. The lowest BCUT2D eigenvalue weighted by Crippen LogP contribution is -2.26. The Hall–Kier alpha value is -2.63. The van der Waals surface area contributed by atoms with Crippen LogP contribution >= 0.6 is 0 Å². The molecule has 0 radical (unpaired) electrons. The van der Waals surface area contributed by atoms with Gasteiger partial charge in [0.1, 0.15) is 0 Å². The van der Waals surface area contributed by atoms with E-state index in [0.717, 1.165) is 37.3 Å². The van der Waals surface area contributed by atoms with Crippen molar-refractivity contribution >= 4 is 17.5 Å². The molecule has 132 valence electrons. The van der Waals surface area contributed by atoms with E-state index in [9.17, 15) is 4.79 Å². The fraction of sp³-hybridized carbons (Fsp3) is 0.421. The molecule has 6 heteroatoms. The fourth-order valence-electron chi connectivity index (χ4n) is 2.87. The molecule has 0 aliphatic carbocycles. The molecule has 1 aliphatic heterocycles. The molecule has 0 spiro atoms. The minimum absolute atomic E-state index is 0.0786. The molecular weight excluding hydrogens is 316 g/mol. The SMILES string of the molecule is Cc1cc(OCC(=O)Nc2ccccc2)nc(N2CCCCCC2)n1. The van der Waals surface area contributed by atoms with Gasteiger partial charge in [-0.15, -0.1) is 0 Å². The lowest BCUT2D eigenvalue weighted by Gasteiger charge is -2.21. The Bertz CT molecular complexity index is 698. The Morgan fingerprint density at radius 2 is 1.84 bits per heavy atom. The molecule has 1 fully saturated rings. The van der Waals surface area contributed by atoms with Gasteiger partial charge in [-0.2, -0.15) is 4.98 Å². The summed E-state index contributed by atoms with van der Waals surface area (Å²) in [5.41, 5.74) is 1.59. The maximum atomic E-state index is 12.0. The zero-order valence-corrected chi connectivity index (χ0v) is 14.6. The maximum Gasteiger partial charge on any atom is 0.262 e. The van der Waals surface area contributed by atoms with Crippen LogP contribution in [-0.2, 0) is 4.79 Å². The number of ether oxygens (including phenoxy) is 1. The number of aryl methyl sites for hydroxylation is 1. The van der Waals surface area contributed by atoms with Crippen LogP contribution in [0, 0.1) is 6.92 Å². The normalized spacial score (nSPS) is 14.7. The number of carbonyl (C=O) groups is 1. The van der Waals surface area contributed by atoms with Gasteiger partial charge in [0.25, 0.3) is 5.91 Å². The predicted molar refractivity (Wildman–Crippen MR) is 98.0 cm³/mol. The van der Waals surface area contributed by atoms with E-state index in [1.165, 1.54) is 12.8 Å². The smallest absolute Gasteiger partial charge is 0.262 e. The maximum absolute atomic E-state index is 12.0. The quantitative estimate of drug-likeness (QED) is 0.905. The van der Waals surface area contributed by atoms with Crippen molar-refractivity contribution in [2.24, 2.45) is 0 Å². The lowest BCUT2D eigenvalue weighted by atomic mass is 10.2. The van der Waals surface area contributed by atoms with E-state index in [4.69, 9.17) is 4.74 Å². The van der Waals surface area contributed by atoms with E-state index < -0.39 is 0 Å². The van der Waals surface area contributed by atoms with Gasteiger partial charge in [-0.1, -0.05) is 31.0 Å². The highest BCUT2D eigenvalue weighted by atomic mass is 16.5. The summed E-state index contributed by atoms with van der Waals surface area (Å²) in [4.78, 5) is 23.2. The molecule has 0 unspecified atom stereocenters. The summed E-state index contributed by atoms with van der Waals surface area (Å²) in [5.74, 6) is 0.925. The van der Waals surface area contributed by atoms with E-state index >= 15 is 0 Å². The Balaban J connectivity index is 1.61. The van der Waals surface area contributed by atoms with Gasteiger partial charge < -0.3 is 15.0 Å². The number of nitrogens with one attached hydrogen (secondary N) is 1. The first kappa shape index (κ1) is 17.2. The van der Waals surface area contributed by atoms with Crippen molar-refractivity contribution in [2.75, 3.05) is 29.9 Å². The molecule has 1 aliphatic rings. The van der Waals surface area contributed by atoms with Crippen LogP contribution in [0.15, 0.2) is 36.4 Å². The summed E-state index contributed by atoms with van der Waals surface area (Å²) >= 11 is 0. The summed E-state index contributed by atoms with van der Waals surface area (Å²) in [6, 6.07) is 11.1. The van der Waals surface area contributed by atoms with Crippen LogP contribution in [0.25, 0.3) is 0 Å². The first-order valence-electron chi connectivity index (χ1n) is 8.79. The number of rotatable bonds is 5. The molecule has 1 aromatic carbocycles. The molecule has 1 N–H and O–H groups in total. The Morgan fingerprint density at radius 1 is 1.12 bits per heavy atom. The molecule has 6 nitrogen and oxygen atoms in total. The largest absolute Gasteiger partial charge is 0.467 e. The van der Waals surface area contributed by atoms with Crippen molar-refractivity contribution in [3.63, 3.8) is 0 Å². The average molecular weight is 340 g/mol. The average Bonchev–Trinajstić information content (AvgIpc) is 2.90. The fourth-order valence-corrected chi connectivity index (χ4v) is 2.87. The number of nitrogens with zero attached hydrogens (tertiary/aromatic N) is 3. The van der Waals surface area contributed by atoms with Gasteiger partial charge in [0.15, 0.2) is 6.61 Å². The lowest BCUT2D eigenvalue weighted by molar-refractivity contribution is -0.118. The van der Waals surface area contributed by atoms with Gasteiger partial charge in [0.05, 0.1) is 0 Å². The van der Waals surface area contributed by atoms with Crippen molar-refractivity contribution in [3.8, 4) is 5.88 Å². The summed E-state index contributed by atoms with van der Waals surface area (Å²) in [5, 5.41) is 2.80. The van der Waals surface area contributed by atoms with Crippen LogP contribution in [0.3, 0.4) is 0 Å². The zero-order chi connectivity index (χ0) is 17.5. The molecule has 2 heterocycles. The van der Waals surface area contributed by atoms with Gasteiger partial charge in [-0.25, -0.2) is 4.98 Å². The number of benzene rings is 1. The summed E-state index contributed by atoms with van der Waals surface area (Å²) in [7, 11) is 0. The highest BCUT2D eigenvalue weighted by molar-refractivity contribution is 5.91. The van der Waals surface area contributed by atoms with E-state index in [2.05, 4.69) is 20.2 Å². The minimum atomic E-state index is -0.209. The topological polar surface area (TPSA) is 67.3 Å². The first-order valence-corrected chi connectivity index (χ1v) is 8.79. The second-order valence-corrected chi connectivity index (χ2v) is 6.25. The molecule has 2 aromatic rings. The summed E-state index contributed by atoms with van der Waals surface area (Å²) in [6.45, 7) is 3.78. The van der Waals surface area contributed by atoms with Crippen LogP contribution in [0.1, 0.15) is 31.4 Å². The van der Waals surface area contributed by atoms with Crippen LogP contribution in [-0.4, -0.2) is 35.6 Å². The number of anilines is 2. The second kappa shape index (κ2) is 8.46. The number of hydrogen-bond acceptors (Lipinski definition) is 5. The molecule has 1 aromatic heterocycles. The Labute approximate surface area is 148 Å². The van der Waals surface area contributed by atoms with E-state index in [0.29, 0.717) is 11.8 Å². The Morgan fingerprint density at radius 3 is 2.56 bits per heavy atom. The number of hydrogen-bond donors (Lipinski definition) is 1. The number of para-hydroxylation sites is 1. The van der Waals surface area contributed by atoms with Gasteiger partial charge in [0, 0.05) is 30.5 Å². The minimum Gasteiger partial charge on any atom is -0.467 e. The van der Waals surface area contributed by atoms with E-state index in [1.54, 1.807) is 6.07 Å². The molecule has 1 amide bonds. The van der Waals surface area contributed by atoms with Crippen LogP contribution < -0.4 is 15.0 Å². The molecule has 0 bridgehead atoms. The third kappa shape index (κ3) is 5.17. The number of carbonyl (C=O) groups excluding carboxylic acids is 1. The highest BCUT2D eigenvalue weighted by Crippen LogP contribution is 2.19. The van der Waals surface area contributed by atoms with Crippen molar-refractivity contribution in [1.82, 2.24) is 9.97 Å².